The second-order valence-electron chi connectivity index (χ2n) is 4.92. The predicted octanol–water partition coefficient (Wildman–Crippen LogP) is 2.50. The molecule has 1 amide bonds. The van der Waals surface area contributed by atoms with Crippen LogP contribution in [0.15, 0.2) is 29.6 Å². The molecule has 0 saturated heterocycles. The highest BCUT2D eigenvalue weighted by molar-refractivity contribution is 7.09. The molecule has 128 valence electrons. The van der Waals surface area contributed by atoms with Crippen molar-refractivity contribution in [2.45, 2.75) is 25.9 Å². The van der Waals surface area contributed by atoms with Crippen molar-refractivity contribution in [2.24, 2.45) is 0 Å². The van der Waals surface area contributed by atoms with Gasteiger partial charge in [-0.25, -0.2) is 14.2 Å². The molecule has 1 unspecified atom stereocenters. The van der Waals surface area contributed by atoms with Crippen LogP contribution in [0.5, 0.6) is 5.75 Å². The van der Waals surface area contributed by atoms with Crippen molar-refractivity contribution < 1.29 is 23.8 Å². The van der Waals surface area contributed by atoms with Gasteiger partial charge in [0.05, 0.1) is 5.01 Å². The van der Waals surface area contributed by atoms with E-state index in [1.165, 1.54) is 28.8 Å². The summed E-state index contributed by atoms with van der Waals surface area (Å²) < 4.78 is 19.0. The standard InChI is InChI=1S/C16H17FN2O4S/c1-2-12(23-13-6-4-3-5-10(13)17)15(20)18-8-7-14-19-11(9-24-14)16(21)22/h3-6,9,12H,2,7-8H2,1H3,(H,18,20)(H,21,22). The molecule has 8 heteroatoms. The van der Waals surface area contributed by atoms with Gasteiger partial charge in [0.25, 0.3) is 5.91 Å². The van der Waals surface area contributed by atoms with Gasteiger partial charge in [0.15, 0.2) is 23.4 Å². The number of para-hydroxylation sites is 1. The van der Waals surface area contributed by atoms with E-state index in [2.05, 4.69) is 10.3 Å². The Balaban J connectivity index is 1.85. The summed E-state index contributed by atoms with van der Waals surface area (Å²) in [5.41, 5.74) is -0.00403. The summed E-state index contributed by atoms with van der Waals surface area (Å²) in [5, 5.41) is 13.6. The summed E-state index contributed by atoms with van der Waals surface area (Å²) in [6.45, 7) is 2.06. The van der Waals surface area contributed by atoms with Crippen LogP contribution in [-0.4, -0.2) is 34.6 Å². The number of thiazole rings is 1. The lowest BCUT2D eigenvalue weighted by molar-refractivity contribution is -0.128. The number of nitrogens with one attached hydrogen (secondary N) is 1. The minimum Gasteiger partial charge on any atom is -0.478 e. The van der Waals surface area contributed by atoms with Crippen LogP contribution in [0.1, 0.15) is 28.8 Å². The van der Waals surface area contributed by atoms with E-state index >= 15 is 0 Å². The largest absolute Gasteiger partial charge is 0.478 e. The molecule has 0 radical (unpaired) electrons. The molecular formula is C16H17FN2O4S. The first-order chi connectivity index (χ1) is 11.5. The predicted molar refractivity (Wildman–Crippen MR) is 86.9 cm³/mol. The second-order valence-corrected chi connectivity index (χ2v) is 5.86. The van der Waals surface area contributed by atoms with Crippen molar-refractivity contribution >= 4 is 23.2 Å². The fourth-order valence-corrected chi connectivity index (χ4v) is 2.72. The maximum atomic E-state index is 13.6. The molecule has 0 saturated carbocycles. The van der Waals surface area contributed by atoms with E-state index in [0.717, 1.165) is 0 Å². The van der Waals surface area contributed by atoms with Gasteiger partial charge in [-0.3, -0.25) is 4.79 Å². The average Bonchev–Trinajstić information content (AvgIpc) is 3.03. The van der Waals surface area contributed by atoms with Gasteiger partial charge in [0.2, 0.25) is 0 Å². The molecule has 2 rings (SSSR count). The van der Waals surface area contributed by atoms with E-state index in [0.29, 0.717) is 24.4 Å². The van der Waals surface area contributed by atoms with Gasteiger partial charge in [0, 0.05) is 18.3 Å². The molecule has 2 aromatic rings. The average molecular weight is 352 g/mol. The van der Waals surface area contributed by atoms with Crippen molar-refractivity contribution in [3.63, 3.8) is 0 Å². The van der Waals surface area contributed by atoms with Crippen LogP contribution in [0.2, 0.25) is 0 Å². The van der Waals surface area contributed by atoms with Crippen LogP contribution < -0.4 is 10.1 Å². The third-order valence-corrected chi connectivity index (χ3v) is 4.09. The number of carbonyl (C=O) groups is 2. The fraction of sp³-hybridized carbons (Fsp3) is 0.312. The number of aromatic nitrogens is 1. The molecule has 0 fully saturated rings. The number of hydrogen-bond donors (Lipinski definition) is 2. The Labute approximate surface area is 142 Å². The van der Waals surface area contributed by atoms with E-state index in [1.54, 1.807) is 19.1 Å². The number of amides is 1. The van der Waals surface area contributed by atoms with Gasteiger partial charge in [-0.1, -0.05) is 19.1 Å². The van der Waals surface area contributed by atoms with Crippen LogP contribution in [0.4, 0.5) is 4.39 Å². The summed E-state index contributed by atoms with van der Waals surface area (Å²) in [4.78, 5) is 26.8. The molecule has 1 atom stereocenters. The zero-order chi connectivity index (χ0) is 17.5. The maximum absolute atomic E-state index is 13.6. The van der Waals surface area contributed by atoms with Gasteiger partial charge in [-0.05, 0) is 18.6 Å². The Morgan fingerprint density at radius 2 is 2.17 bits per heavy atom. The smallest absolute Gasteiger partial charge is 0.355 e. The Kier molecular flexibility index (Phi) is 6.25. The number of nitrogens with zero attached hydrogens (tertiary/aromatic N) is 1. The van der Waals surface area contributed by atoms with E-state index < -0.39 is 17.9 Å². The molecule has 1 heterocycles. The minimum absolute atomic E-state index is 0.00403. The van der Waals surface area contributed by atoms with Crippen molar-refractivity contribution in [2.75, 3.05) is 6.54 Å². The van der Waals surface area contributed by atoms with Crippen LogP contribution in [0.25, 0.3) is 0 Å². The van der Waals surface area contributed by atoms with Gasteiger partial charge in [-0.15, -0.1) is 11.3 Å². The summed E-state index contributed by atoms with van der Waals surface area (Å²) in [5.74, 6) is -1.92. The van der Waals surface area contributed by atoms with E-state index in [1.807, 2.05) is 0 Å². The first-order valence-electron chi connectivity index (χ1n) is 7.37. The number of rotatable bonds is 8. The van der Waals surface area contributed by atoms with Gasteiger partial charge in [0.1, 0.15) is 0 Å². The van der Waals surface area contributed by atoms with Crippen molar-refractivity contribution in [1.29, 1.82) is 0 Å². The number of hydrogen-bond acceptors (Lipinski definition) is 5. The van der Waals surface area contributed by atoms with E-state index in [9.17, 15) is 14.0 Å². The number of carboxylic acid groups (broad SMARTS) is 1. The minimum atomic E-state index is -1.08. The zero-order valence-electron chi connectivity index (χ0n) is 13.0. The number of ether oxygens (including phenoxy) is 1. The number of carbonyl (C=O) groups excluding carboxylic acids is 1. The fourth-order valence-electron chi connectivity index (χ4n) is 1.95. The summed E-state index contributed by atoms with van der Waals surface area (Å²) in [6.07, 6.45) is 0.00760. The van der Waals surface area contributed by atoms with Crippen molar-refractivity contribution in [1.82, 2.24) is 10.3 Å². The van der Waals surface area contributed by atoms with Gasteiger partial charge >= 0.3 is 5.97 Å². The molecule has 24 heavy (non-hydrogen) atoms. The summed E-state index contributed by atoms with van der Waals surface area (Å²) >= 11 is 1.22. The third-order valence-electron chi connectivity index (χ3n) is 3.18. The lowest BCUT2D eigenvalue weighted by Crippen LogP contribution is -2.39. The SMILES string of the molecule is CCC(Oc1ccccc1F)C(=O)NCCc1nc(C(=O)O)cs1. The molecule has 2 N–H and O–H groups in total. The number of benzene rings is 1. The van der Waals surface area contributed by atoms with E-state index in [4.69, 9.17) is 9.84 Å². The van der Waals surface area contributed by atoms with Crippen LogP contribution in [0.3, 0.4) is 0 Å². The van der Waals surface area contributed by atoms with Crippen molar-refractivity contribution in [3.05, 3.63) is 46.2 Å². The molecule has 0 aliphatic rings. The van der Waals surface area contributed by atoms with Crippen LogP contribution in [0, 0.1) is 5.82 Å². The first kappa shape index (κ1) is 17.9. The van der Waals surface area contributed by atoms with Crippen LogP contribution in [-0.2, 0) is 11.2 Å². The number of carboxylic acids is 1. The highest BCUT2D eigenvalue weighted by Gasteiger charge is 2.19. The Morgan fingerprint density at radius 3 is 2.79 bits per heavy atom. The molecule has 0 aliphatic heterocycles. The maximum Gasteiger partial charge on any atom is 0.355 e. The molecule has 1 aromatic heterocycles. The topological polar surface area (TPSA) is 88.5 Å². The molecule has 6 nitrogen and oxygen atoms in total. The number of aromatic carboxylic acids is 1. The number of halogens is 1. The molecule has 0 bridgehead atoms. The second kappa shape index (κ2) is 8.39. The Morgan fingerprint density at radius 1 is 1.42 bits per heavy atom. The zero-order valence-corrected chi connectivity index (χ0v) is 13.8. The highest BCUT2D eigenvalue weighted by Crippen LogP contribution is 2.18. The third kappa shape index (κ3) is 4.76. The lowest BCUT2D eigenvalue weighted by atomic mass is 10.2. The molecule has 0 spiro atoms. The molecular weight excluding hydrogens is 335 g/mol. The van der Waals surface area contributed by atoms with Gasteiger partial charge in [-0.2, -0.15) is 0 Å². The van der Waals surface area contributed by atoms with Gasteiger partial charge < -0.3 is 15.2 Å². The lowest BCUT2D eigenvalue weighted by Gasteiger charge is -2.17. The van der Waals surface area contributed by atoms with E-state index in [-0.39, 0.29) is 17.4 Å². The monoisotopic (exact) mass is 352 g/mol. The Hall–Kier alpha value is -2.48. The highest BCUT2D eigenvalue weighted by atomic mass is 32.1. The quantitative estimate of drug-likeness (QED) is 0.762. The van der Waals surface area contributed by atoms with Crippen LogP contribution >= 0.6 is 11.3 Å². The Bertz CT molecular complexity index is 720. The molecule has 0 aliphatic carbocycles. The molecule has 1 aromatic carbocycles. The first-order valence-corrected chi connectivity index (χ1v) is 8.25. The summed E-state index contributed by atoms with van der Waals surface area (Å²) in [6, 6.07) is 5.91. The normalized spacial score (nSPS) is 11.8. The summed E-state index contributed by atoms with van der Waals surface area (Å²) in [7, 11) is 0. The van der Waals surface area contributed by atoms with Crippen molar-refractivity contribution in [3.8, 4) is 5.75 Å².